The van der Waals surface area contributed by atoms with E-state index in [1.54, 1.807) is 0 Å². The molecule has 0 amide bonds. The van der Waals surface area contributed by atoms with Gasteiger partial charge >= 0.3 is 60.4 Å². The van der Waals surface area contributed by atoms with E-state index in [0.717, 1.165) is 0 Å². The van der Waals surface area contributed by atoms with Crippen LogP contribution in [-0.4, -0.2) is 79.6 Å². The molecule has 37 valence electrons. The fraction of sp³-hybridized carbons (Fsp3) is 0. The summed E-state index contributed by atoms with van der Waals surface area (Å²) in [5.74, 6) is 0. The summed E-state index contributed by atoms with van der Waals surface area (Å²) in [6, 6.07) is 0. The van der Waals surface area contributed by atoms with Gasteiger partial charge in [-0.05, 0) is 0 Å². The molecule has 4 N–H and O–H groups in total. The molecule has 0 aliphatic heterocycles. The van der Waals surface area contributed by atoms with Crippen LogP contribution in [0.3, 0.4) is 0 Å². The fourth-order valence-corrected chi connectivity index (χ4v) is 0. The molecule has 0 unspecified atom stereocenters. The summed E-state index contributed by atoms with van der Waals surface area (Å²) >= 11 is 0. The van der Waals surface area contributed by atoms with Crippen LogP contribution in [0.1, 0.15) is 0 Å². The summed E-state index contributed by atoms with van der Waals surface area (Å²) in [6.45, 7) is 0. The summed E-state index contributed by atoms with van der Waals surface area (Å²) in [5.41, 5.74) is 0. The second-order valence-corrected chi connectivity index (χ2v) is 1.80. The van der Waals surface area contributed by atoms with Crippen molar-refractivity contribution in [2.45, 2.75) is 0 Å². The first kappa shape index (κ1) is 16.5. The van der Waals surface area contributed by atoms with Crippen molar-refractivity contribution >= 4 is 60.4 Å². The Bertz CT molecular complexity index is 27.2. The van der Waals surface area contributed by atoms with Crippen LogP contribution in [0.15, 0.2) is 0 Å². The molecular formula is H5KLaO4Si. The predicted octanol–water partition coefficient (Wildman–Crippen LogP) is -3.26. The van der Waals surface area contributed by atoms with Gasteiger partial charge in [0.25, 0.3) is 0 Å². The van der Waals surface area contributed by atoms with Gasteiger partial charge < -0.3 is 19.2 Å². The topological polar surface area (TPSA) is 80.9 Å². The minimum atomic E-state index is -4.61. The van der Waals surface area contributed by atoms with Crippen LogP contribution in [0.2, 0.25) is 0 Å². The smallest absolute Gasteiger partial charge is 0 e. The monoisotopic (exact) mass is 275 g/mol. The van der Waals surface area contributed by atoms with Crippen molar-refractivity contribution in [1.29, 1.82) is 0 Å². The van der Waals surface area contributed by atoms with Crippen molar-refractivity contribution in [2.75, 3.05) is 0 Å². The zero-order valence-electron chi connectivity index (χ0n) is 2.87. The Kier molecular flexibility index (Phi) is 16.5. The van der Waals surface area contributed by atoms with Crippen LogP contribution in [0, 0.1) is 35.6 Å². The zero-order valence-corrected chi connectivity index (χ0v) is 7.49. The standard InChI is InChI=1S/K.La.H4O4Si.H/c;;1-5(2,3)4;/h;;1-4H;. The maximum Gasteiger partial charge on any atom is 0 e. The first-order valence-corrected chi connectivity index (χ1v) is 2.68. The van der Waals surface area contributed by atoms with Gasteiger partial charge in [0.05, 0.1) is 0 Å². The van der Waals surface area contributed by atoms with E-state index in [9.17, 15) is 0 Å². The average molecular weight is 275 g/mol. The van der Waals surface area contributed by atoms with E-state index >= 15 is 0 Å². The van der Waals surface area contributed by atoms with Gasteiger partial charge in [0, 0.05) is 35.6 Å². The van der Waals surface area contributed by atoms with Crippen molar-refractivity contribution < 1.29 is 54.8 Å². The van der Waals surface area contributed by atoms with Gasteiger partial charge in [-0.15, -0.1) is 0 Å². The molecule has 0 saturated carbocycles. The third-order valence-electron chi connectivity index (χ3n) is 0. The van der Waals surface area contributed by atoms with E-state index in [1.807, 2.05) is 0 Å². The van der Waals surface area contributed by atoms with E-state index in [4.69, 9.17) is 19.2 Å². The van der Waals surface area contributed by atoms with Crippen LogP contribution in [-0.2, 0) is 0 Å². The molecule has 0 aliphatic carbocycles. The SMILES string of the molecule is O[Si](O)(O)O.[KH].[La]. The molecule has 0 aliphatic rings. The molecule has 0 fully saturated rings. The summed E-state index contributed by atoms with van der Waals surface area (Å²) in [6.07, 6.45) is 0. The van der Waals surface area contributed by atoms with Crippen molar-refractivity contribution in [3.05, 3.63) is 0 Å². The van der Waals surface area contributed by atoms with Crippen LogP contribution in [0.4, 0.5) is 0 Å². The van der Waals surface area contributed by atoms with Gasteiger partial charge in [0.2, 0.25) is 0 Å². The zero-order chi connectivity index (χ0) is 4.50. The Morgan fingerprint density at radius 2 is 0.857 bits per heavy atom. The first-order valence-electron chi connectivity index (χ1n) is 0.894. The van der Waals surface area contributed by atoms with Crippen LogP contribution in [0.5, 0.6) is 0 Å². The molecule has 0 atom stereocenters. The molecule has 0 saturated heterocycles. The van der Waals surface area contributed by atoms with E-state index in [0.29, 0.717) is 0 Å². The van der Waals surface area contributed by atoms with E-state index in [2.05, 4.69) is 0 Å². The predicted molar refractivity (Wildman–Crippen MR) is 21.8 cm³/mol. The van der Waals surface area contributed by atoms with Crippen molar-refractivity contribution in [1.82, 2.24) is 0 Å². The molecule has 1 radical (unpaired) electrons. The van der Waals surface area contributed by atoms with Crippen LogP contribution < -0.4 is 0 Å². The van der Waals surface area contributed by atoms with Crippen molar-refractivity contribution in [3.8, 4) is 0 Å². The van der Waals surface area contributed by atoms with Crippen molar-refractivity contribution in [3.63, 3.8) is 0 Å². The summed E-state index contributed by atoms with van der Waals surface area (Å²) in [4.78, 5) is 29.3. The summed E-state index contributed by atoms with van der Waals surface area (Å²) in [7, 11) is -4.61. The van der Waals surface area contributed by atoms with Gasteiger partial charge in [-0.1, -0.05) is 0 Å². The molecule has 7 heavy (non-hydrogen) atoms. The Labute approximate surface area is 112 Å². The molecular weight excluding hydrogens is 270 g/mol. The fourth-order valence-electron chi connectivity index (χ4n) is 0. The van der Waals surface area contributed by atoms with Gasteiger partial charge in [0.1, 0.15) is 0 Å². The molecule has 4 nitrogen and oxygen atoms in total. The van der Waals surface area contributed by atoms with E-state index < -0.39 is 9.05 Å². The molecule has 0 rings (SSSR count). The summed E-state index contributed by atoms with van der Waals surface area (Å²) < 4.78 is 0. The Morgan fingerprint density at radius 3 is 0.857 bits per heavy atom. The number of hydrogen-bond acceptors (Lipinski definition) is 4. The van der Waals surface area contributed by atoms with E-state index in [1.165, 1.54) is 0 Å². The Morgan fingerprint density at radius 1 is 0.857 bits per heavy atom. The third-order valence-corrected chi connectivity index (χ3v) is 0. The molecule has 0 bridgehead atoms. The molecule has 0 aromatic rings. The average Bonchev–Trinajstić information content (AvgIpc) is 0.722. The molecule has 0 aromatic heterocycles. The number of hydrogen-bond donors (Lipinski definition) is 4. The van der Waals surface area contributed by atoms with Gasteiger partial charge in [-0.2, -0.15) is 0 Å². The third kappa shape index (κ3) is 50.6. The molecule has 7 heteroatoms. The van der Waals surface area contributed by atoms with Crippen molar-refractivity contribution in [2.24, 2.45) is 0 Å². The maximum absolute atomic E-state index is 7.33. The minimum Gasteiger partial charge on any atom is 0 e. The van der Waals surface area contributed by atoms with Gasteiger partial charge in [-0.3, -0.25) is 0 Å². The molecule has 0 heterocycles. The number of rotatable bonds is 0. The molecule has 0 aromatic carbocycles. The normalized spacial score (nSPS) is 8.57. The second kappa shape index (κ2) is 7.00. The van der Waals surface area contributed by atoms with Crippen LogP contribution >= 0.6 is 0 Å². The second-order valence-electron chi connectivity index (χ2n) is 0.600. The van der Waals surface area contributed by atoms with Gasteiger partial charge in [0.15, 0.2) is 0 Å². The minimum absolute atomic E-state index is 0. The quantitative estimate of drug-likeness (QED) is 0.350. The Balaban J connectivity index is -0.0000000800. The van der Waals surface area contributed by atoms with Crippen LogP contribution in [0.25, 0.3) is 0 Å². The first-order chi connectivity index (χ1) is 2.00. The van der Waals surface area contributed by atoms with E-state index in [-0.39, 0.29) is 87.0 Å². The molecule has 0 spiro atoms. The largest absolute Gasteiger partial charge is 0 e. The Hall–Kier alpha value is 2.89. The summed E-state index contributed by atoms with van der Waals surface area (Å²) in [5, 5.41) is 0. The maximum atomic E-state index is 7.33. The van der Waals surface area contributed by atoms with Gasteiger partial charge in [-0.25, -0.2) is 0 Å².